The van der Waals surface area contributed by atoms with Crippen LogP contribution in [0.4, 0.5) is 4.79 Å². The van der Waals surface area contributed by atoms with Gasteiger partial charge in [-0.2, -0.15) is 0 Å². The van der Waals surface area contributed by atoms with Crippen molar-refractivity contribution in [2.24, 2.45) is 0 Å². The number of hydrogen-bond acceptors (Lipinski definition) is 5. The lowest BCUT2D eigenvalue weighted by Crippen LogP contribution is -2.50. The number of aromatic carboxylic acids is 1. The van der Waals surface area contributed by atoms with E-state index in [-0.39, 0.29) is 11.7 Å². The first-order chi connectivity index (χ1) is 13.7. The molecule has 1 aliphatic heterocycles. The van der Waals surface area contributed by atoms with Crippen molar-refractivity contribution < 1.29 is 24.2 Å². The molecule has 0 atom stereocenters. The summed E-state index contributed by atoms with van der Waals surface area (Å²) in [7, 11) is 0. The molecular weight excluding hydrogens is 372 g/mol. The van der Waals surface area contributed by atoms with Crippen molar-refractivity contribution in [1.82, 2.24) is 9.80 Å². The second-order valence-electron chi connectivity index (χ2n) is 8.16. The molecule has 2 aromatic carbocycles. The third-order valence-corrected chi connectivity index (χ3v) is 4.77. The van der Waals surface area contributed by atoms with Gasteiger partial charge in [0.15, 0.2) is 0 Å². The fourth-order valence-electron chi connectivity index (χ4n) is 3.27. The molecule has 7 nitrogen and oxygen atoms in total. The molecule has 0 saturated carbocycles. The molecule has 0 radical (unpaired) electrons. The average Bonchev–Trinajstić information content (AvgIpc) is 2.66. The first kappa shape index (κ1) is 20.9. The van der Waals surface area contributed by atoms with E-state index in [4.69, 9.17) is 9.47 Å². The molecule has 2 aromatic rings. The third kappa shape index (κ3) is 5.60. The van der Waals surface area contributed by atoms with E-state index >= 15 is 0 Å². The van der Waals surface area contributed by atoms with Crippen molar-refractivity contribution in [1.29, 1.82) is 0 Å². The zero-order chi connectivity index (χ0) is 21.0. The molecule has 1 saturated heterocycles. The van der Waals surface area contributed by atoms with E-state index in [1.54, 1.807) is 17.0 Å². The van der Waals surface area contributed by atoms with Crippen molar-refractivity contribution in [3.05, 3.63) is 42.0 Å². The maximum Gasteiger partial charge on any atom is 0.410 e. The highest BCUT2D eigenvalue weighted by molar-refractivity contribution is 5.97. The molecule has 1 heterocycles. The number of benzene rings is 2. The van der Waals surface area contributed by atoms with Gasteiger partial charge in [-0.1, -0.05) is 24.3 Å². The Morgan fingerprint density at radius 3 is 2.24 bits per heavy atom. The predicted octanol–water partition coefficient (Wildman–Crippen LogP) is 3.47. The van der Waals surface area contributed by atoms with Gasteiger partial charge in [0.05, 0.1) is 0 Å². The molecule has 156 valence electrons. The molecule has 1 aliphatic rings. The Morgan fingerprint density at radius 1 is 1.03 bits per heavy atom. The van der Waals surface area contributed by atoms with Gasteiger partial charge in [-0.05, 0) is 43.7 Å². The van der Waals surface area contributed by atoms with E-state index in [9.17, 15) is 14.7 Å². The van der Waals surface area contributed by atoms with Crippen molar-refractivity contribution in [2.45, 2.75) is 26.4 Å². The van der Waals surface area contributed by atoms with Crippen LogP contribution in [0.15, 0.2) is 36.4 Å². The second kappa shape index (κ2) is 8.69. The Kier molecular flexibility index (Phi) is 6.27. The van der Waals surface area contributed by atoms with Crippen LogP contribution in [0.25, 0.3) is 10.8 Å². The van der Waals surface area contributed by atoms with Crippen LogP contribution in [-0.4, -0.2) is 71.9 Å². The molecule has 0 spiro atoms. The van der Waals surface area contributed by atoms with Gasteiger partial charge in [0.1, 0.15) is 23.5 Å². The van der Waals surface area contributed by atoms with E-state index in [1.807, 2.05) is 45.0 Å². The van der Waals surface area contributed by atoms with Gasteiger partial charge in [0.2, 0.25) is 0 Å². The predicted molar refractivity (Wildman–Crippen MR) is 111 cm³/mol. The van der Waals surface area contributed by atoms with E-state index in [2.05, 4.69) is 4.90 Å². The molecule has 1 fully saturated rings. The SMILES string of the molecule is CC(C)(C)OC(=O)N1CCN(CCOc2cc3ccccc3cc2C(=O)O)CC1. The highest BCUT2D eigenvalue weighted by atomic mass is 16.6. The average molecular weight is 400 g/mol. The molecule has 3 rings (SSSR count). The summed E-state index contributed by atoms with van der Waals surface area (Å²) < 4.78 is 11.2. The fraction of sp³-hybridized carbons (Fsp3) is 0.455. The summed E-state index contributed by atoms with van der Waals surface area (Å²) in [6.07, 6.45) is -0.282. The summed E-state index contributed by atoms with van der Waals surface area (Å²) in [6.45, 7) is 9.28. The van der Waals surface area contributed by atoms with E-state index < -0.39 is 11.6 Å². The Labute approximate surface area is 170 Å². The lowest BCUT2D eigenvalue weighted by Gasteiger charge is -2.35. The van der Waals surface area contributed by atoms with Gasteiger partial charge in [0.25, 0.3) is 0 Å². The number of rotatable bonds is 5. The Bertz CT molecular complexity index is 882. The van der Waals surface area contributed by atoms with Gasteiger partial charge in [-0.15, -0.1) is 0 Å². The highest BCUT2D eigenvalue weighted by Gasteiger charge is 2.25. The van der Waals surface area contributed by atoms with Gasteiger partial charge >= 0.3 is 12.1 Å². The maximum absolute atomic E-state index is 12.1. The first-order valence-corrected chi connectivity index (χ1v) is 9.82. The molecule has 1 N–H and O–H groups in total. The molecule has 0 unspecified atom stereocenters. The Morgan fingerprint density at radius 2 is 1.66 bits per heavy atom. The third-order valence-electron chi connectivity index (χ3n) is 4.77. The standard InChI is InChI=1S/C22H28N2O5/c1-22(2,3)29-21(27)24-10-8-23(9-11-24)12-13-28-19-15-17-7-5-4-6-16(17)14-18(19)20(25)26/h4-7,14-15H,8-13H2,1-3H3,(H,25,26). The number of carboxylic acid groups (broad SMARTS) is 1. The van der Waals surface area contributed by atoms with Crippen LogP contribution in [0.2, 0.25) is 0 Å². The van der Waals surface area contributed by atoms with Crippen LogP contribution in [0.1, 0.15) is 31.1 Å². The number of amides is 1. The molecular formula is C22H28N2O5. The topological polar surface area (TPSA) is 79.3 Å². The smallest absolute Gasteiger partial charge is 0.410 e. The Hall–Kier alpha value is -2.80. The summed E-state index contributed by atoms with van der Waals surface area (Å²) in [5.74, 6) is -0.625. The normalized spacial score (nSPS) is 15.3. The summed E-state index contributed by atoms with van der Waals surface area (Å²) in [5.41, 5.74) is -0.331. The number of fused-ring (bicyclic) bond motifs is 1. The number of carboxylic acids is 1. The fourth-order valence-corrected chi connectivity index (χ4v) is 3.27. The number of carbonyl (C=O) groups excluding carboxylic acids is 1. The molecule has 0 aromatic heterocycles. The van der Waals surface area contributed by atoms with Crippen LogP contribution < -0.4 is 4.74 Å². The van der Waals surface area contributed by atoms with Crippen LogP contribution >= 0.6 is 0 Å². The van der Waals surface area contributed by atoms with Crippen molar-refractivity contribution in [3.8, 4) is 5.75 Å². The van der Waals surface area contributed by atoms with Gasteiger partial charge in [-0.25, -0.2) is 9.59 Å². The molecule has 29 heavy (non-hydrogen) atoms. The summed E-state index contributed by atoms with van der Waals surface area (Å²) >= 11 is 0. The van der Waals surface area contributed by atoms with Crippen molar-refractivity contribution in [3.63, 3.8) is 0 Å². The zero-order valence-electron chi connectivity index (χ0n) is 17.2. The lowest BCUT2D eigenvalue weighted by atomic mass is 10.1. The van der Waals surface area contributed by atoms with Gasteiger partial charge < -0.3 is 19.5 Å². The lowest BCUT2D eigenvalue weighted by molar-refractivity contribution is 0.0137. The molecule has 7 heteroatoms. The molecule has 0 bridgehead atoms. The van der Waals surface area contributed by atoms with E-state index in [1.165, 1.54) is 0 Å². The number of nitrogens with zero attached hydrogens (tertiary/aromatic N) is 2. The van der Waals surface area contributed by atoms with Crippen LogP contribution in [0.3, 0.4) is 0 Å². The van der Waals surface area contributed by atoms with Crippen LogP contribution in [0, 0.1) is 0 Å². The second-order valence-corrected chi connectivity index (χ2v) is 8.16. The Balaban J connectivity index is 1.53. The minimum absolute atomic E-state index is 0.165. The van der Waals surface area contributed by atoms with Gasteiger partial charge in [-0.3, -0.25) is 4.90 Å². The molecule has 1 amide bonds. The quantitative estimate of drug-likeness (QED) is 0.828. The summed E-state index contributed by atoms with van der Waals surface area (Å²) in [6, 6.07) is 11.0. The monoisotopic (exact) mass is 400 g/mol. The summed E-state index contributed by atoms with van der Waals surface area (Å²) in [5, 5.41) is 11.3. The minimum Gasteiger partial charge on any atom is -0.491 e. The van der Waals surface area contributed by atoms with Crippen molar-refractivity contribution >= 4 is 22.8 Å². The van der Waals surface area contributed by atoms with Crippen LogP contribution in [-0.2, 0) is 4.74 Å². The summed E-state index contributed by atoms with van der Waals surface area (Å²) in [4.78, 5) is 27.6. The van der Waals surface area contributed by atoms with E-state index in [0.717, 1.165) is 23.9 Å². The van der Waals surface area contributed by atoms with E-state index in [0.29, 0.717) is 32.0 Å². The minimum atomic E-state index is -1.00. The van der Waals surface area contributed by atoms with Crippen molar-refractivity contribution in [2.75, 3.05) is 39.3 Å². The number of hydrogen-bond donors (Lipinski definition) is 1. The largest absolute Gasteiger partial charge is 0.491 e. The van der Waals surface area contributed by atoms with Crippen LogP contribution in [0.5, 0.6) is 5.75 Å². The zero-order valence-corrected chi connectivity index (χ0v) is 17.2. The number of carbonyl (C=O) groups is 2. The maximum atomic E-state index is 12.1. The van der Waals surface area contributed by atoms with Gasteiger partial charge in [0, 0.05) is 32.7 Å². The highest BCUT2D eigenvalue weighted by Crippen LogP contribution is 2.26. The number of piperazine rings is 1. The first-order valence-electron chi connectivity index (χ1n) is 9.82. The number of ether oxygens (including phenoxy) is 2. The molecule has 0 aliphatic carbocycles.